The fraction of sp³-hybridized carbons (Fsp3) is 0.444. The molecule has 4 aliphatic carbocycles. The van der Waals surface area contributed by atoms with Crippen LogP contribution in [0.5, 0.6) is 0 Å². The Labute approximate surface area is 192 Å². The van der Waals surface area contributed by atoms with E-state index in [4.69, 9.17) is 5.84 Å². The quantitative estimate of drug-likeness (QED) is 0.497. The van der Waals surface area contributed by atoms with Crippen molar-refractivity contribution in [3.8, 4) is 5.69 Å². The third-order valence-corrected chi connectivity index (χ3v) is 8.62. The van der Waals surface area contributed by atoms with Gasteiger partial charge in [0.2, 0.25) is 5.36 Å². The summed E-state index contributed by atoms with van der Waals surface area (Å²) < 4.78 is 3.40. The Hall–Kier alpha value is -3.15. The molecular weight excluding hydrogens is 412 g/mol. The standard InChI is InChI=1S/C27H30N4O2/c1-16(24-19-12-17-11-18(14-19)15-20(24)13-17)30-22-9-5-6-10-23(22)31(21-7-3-2-4-8-21)27(33)25(29-28)26(30)32/h2-10,16-20,24H,11-15,28H2,1H3. The summed E-state index contributed by atoms with van der Waals surface area (Å²) in [5, 5.41) is 3.51. The van der Waals surface area contributed by atoms with Crippen molar-refractivity contribution in [1.29, 1.82) is 0 Å². The van der Waals surface area contributed by atoms with Gasteiger partial charge in [0, 0.05) is 11.7 Å². The van der Waals surface area contributed by atoms with Gasteiger partial charge in [-0.15, -0.1) is 0 Å². The van der Waals surface area contributed by atoms with Gasteiger partial charge in [0.05, 0.1) is 11.0 Å². The Kier molecular flexibility index (Phi) is 4.78. The molecule has 4 bridgehead atoms. The van der Waals surface area contributed by atoms with E-state index in [0.717, 1.165) is 17.4 Å². The molecule has 0 radical (unpaired) electrons. The van der Waals surface area contributed by atoms with Gasteiger partial charge in [-0.3, -0.25) is 14.2 Å². The maximum atomic E-state index is 13.9. The maximum absolute atomic E-state index is 13.9. The number of benzene rings is 2. The minimum absolute atomic E-state index is 0.0334. The van der Waals surface area contributed by atoms with E-state index in [1.807, 2.05) is 59.2 Å². The van der Waals surface area contributed by atoms with Gasteiger partial charge in [-0.2, -0.15) is 5.10 Å². The average molecular weight is 443 g/mol. The van der Waals surface area contributed by atoms with Crippen molar-refractivity contribution in [3.05, 3.63) is 80.7 Å². The highest BCUT2D eigenvalue weighted by molar-refractivity contribution is 5.76. The molecule has 170 valence electrons. The average Bonchev–Trinajstić information content (AvgIpc) is 2.90. The Morgan fingerprint density at radius 1 is 0.818 bits per heavy atom. The predicted molar refractivity (Wildman–Crippen MR) is 129 cm³/mol. The molecule has 3 aromatic rings. The first-order valence-corrected chi connectivity index (χ1v) is 12.2. The zero-order chi connectivity index (χ0) is 22.7. The molecule has 1 heterocycles. The van der Waals surface area contributed by atoms with Gasteiger partial charge < -0.3 is 10.4 Å². The summed E-state index contributed by atoms with van der Waals surface area (Å²) in [7, 11) is 0. The topological polar surface area (TPSA) is 82.4 Å². The van der Waals surface area contributed by atoms with E-state index in [2.05, 4.69) is 12.0 Å². The van der Waals surface area contributed by atoms with E-state index < -0.39 is 11.1 Å². The molecule has 4 fully saturated rings. The molecular formula is C27H30N4O2. The van der Waals surface area contributed by atoms with E-state index in [9.17, 15) is 9.59 Å². The minimum atomic E-state index is -0.485. The Balaban J connectivity index is 1.64. The highest BCUT2D eigenvalue weighted by Crippen LogP contribution is 2.59. The first-order valence-electron chi connectivity index (χ1n) is 12.2. The van der Waals surface area contributed by atoms with E-state index in [1.54, 1.807) is 4.57 Å². The van der Waals surface area contributed by atoms with E-state index in [0.29, 0.717) is 29.0 Å². The molecule has 0 spiro atoms. The summed E-state index contributed by atoms with van der Waals surface area (Å²) in [4.78, 5) is 27.5. The first kappa shape index (κ1) is 20.5. The van der Waals surface area contributed by atoms with Crippen LogP contribution in [0, 0.1) is 29.6 Å². The Morgan fingerprint density at radius 2 is 1.39 bits per heavy atom. The highest BCUT2D eigenvalue weighted by Gasteiger charge is 2.50. The van der Waals surface area contributed by atoms with Crippen LogP contribution in [0.1, 0.15) is 45.1 Å². The second-order valence-corrected chi connectivity index (χ2v) is 10.4. The van der Waals surface area contributed by atoms with Gasteiger partial charge in [-0.1, -0.05) is 30.3 Å². The lowest BCUT2D eigenvalue weighted by molar-refractivity contribution is -0.0552. The predicted octanol–water partition coefficient (Wildman–Crippen LogP) is 3.56. The van der Waals surface area contributed by atoms with Gasteiger partial charge in [-0.05, 0) is 92.9 Å². The molecule has 4 saturated carbocycles. The molecule has 6 nitrogen and oxygen atoms in total. The van der Waals surface area contributed by atoms with Gasteiger partial charge in [-0.25, -0.2) is 0 Å². The number of nitrogens with two attached hydrogens (primary N) is 1. The van der Waals surface area contributed by atoms with Crippen LogP contribution in [-0.2, 0) is 0 Å². The third kappa shape index (κ3) is 3.10. The van der Waals surface area contributed by atoms with E-state index in [-0.39, 0.29) is 11.4 Å². The van der Waals surface area contributed by atoms with Crippen LogP contribution in [0.2, 0.25) is 0 Å². The minimum Gasteiger partial charge on any atom is -0.322 e. The number of para-hydroxylation sites is 3. The van der Waals surface area contributed by atoms with E-state index in [1.165, 1.54) is 32.1 Å². The number of fused-ring (bicyclic) bond motifs is 1. The lowest BCUT2D eigenvalue weighted by Gasteiger charge is -2.56. The molecule has 1 atom stereocenters. The maximum Gasteiger partial charge on any atom is 0.289 e. The molecule has 2 aromatic carbocycles. The molecule has 0 aliphatic heterocycles. The monoisotopic (exact) mass is 442 g/mol. The molecule has 33 heavy (non-hydrogen) atoms. The lowest BCUT2D eigenvalue weighted by atomic mass is 9.50. The van der Waals surface area contributed by atoms with Crippen molar-refractivity contribution in [1.82, 2.24) is 9.13 Å². The highest BCUT2D eigenvalue weighted by atomic mass is 16.1. The van der Waals surface area contributed by atoms with Crippen molar-refractivity contribution in [2.45, 2.75) is 45.1 Å². The summed E-state index contributed by atoms with van der Waals surface area (Å²) in [5.41, 5.74) is 1.25. The van der Waals surface area contributed by atoms with Crippen LogP contribution in [0.3, 0.4) is 0 Å². The third-order valence-electron chi connectivity index (χ3n) is 8.62. The number of aromatic nitrogens is 2. The van der Waals surface area contributed by atoms with Crippen LogP contribution >= 0.6 is 0 Å². The molecule has 4 aliphatic rings. The Bertz CT molecular complexity index is 1380. The molecule has 6 heteroatoms. The smallest absolute Gasteiger partial charge is 0.289 e. The normalized spacial score (nSPS) is 29.5. The van der Waals surface area contributed by atoms with Gasteiger partial charge in [0.25, 0.3) is 11.1 Å². The molecule has 0 saturated heterocycles. The fourth-order valence-electron chi connectivity index (χ4n) is 7.66. The molecule has 2 N–H and O–H groups in total. The first-order chi connectivity index (χ1) is 16.1. The molecule has 7 rings (SSSR count). The van der Waals surface area contributed by atoms with Gasteiger partial charge in [0.1, 0.15) is 0 Å². The van der Waals surface area contributed by atoms with Crippen LogP contribution in [-0.4, -0.2) is 9.13 Å². The van der Waals surface area contributed by atoms with Crippen LogP contribution in [0.15, 0.2) is 69.3 Å². The SMILES string of the molecule is CC(C1C2CC3CC(C2)CC1C3)n1c(=O)c(=NN)c(=O)n(-c2ccccc2)c2ccccc21. The second-order valence-electron chi connectivity index (χ2n) is 10.4. The lowest BCUT2D eigenvalue weighted by Crippen LogP contribution is -2.51. The van der Waals surface area contributed by atoms with Crippen molar-refractivity contribution in [2.24, 2.45) is 40.5 Å². The zero-order valence-corrected chi connectivity index (χ0v) is 18.9. The largest absolute Gasteiger partial charge is 0.322 e. The van der Waals surface area contributed by atoms with E-state index >= 15 is 0 Å². The summed E-state index contributed by atoms with van der Waals surface area (Å²) >= 11 is 0. The number of hydrogen-bond acceptors (Lipinski definition) is 4. The Morgan fingerprint density at radius 3 is 2.00 bits per heavy atom. The van der Waals surface area contributed by atoms with Crippen LogP contribution < -0.4 is 22.3 Å². The van der Waals surface area contributed by atoms with Crippen molar-refractivity contribution < 1.29 is 0 Å². The van der Waals surface area contributed by atoms with Crippen molar-refractivity contribution in [2.75, 3.05) is 0 Å². The van der Waals surface area contributed by atoms with Crippen LogP contribution in [0.25, 0.3) is 16.7 Å². The second kappa shape index (κ2) is 7.72. The molecule has 1 unspecified atom stereocenters. The molecule has 1 aromatic heterocycles. The van der Waals surface area contributed by atoms with Crippen LogP contribution in [0.4, 0.5) is 0 Å². The summed E-state index contributed by atoms with van der Waals surface area (Å²) in [5.74, 6) is 9.14. The molecule has 0 amide bonds. The summed E-state index contributed by atoms with van der Waals surface area (Å²) in [6, 6.07) is 17.1. The summed E-state index contributed by atoms with van der Waals surface area (Å²) in [6.45, 7) is 2.17. The van der Waals surface area contributed by atoms with Crippen molar-refractivity contribution in [3.63, 3.8) is 0 Å². The number of hydrogen-bond donors (Lipinski definition) is 1. The fourth-order valence-corrected chi connectivity index (χ4v) is 7.66. The van der Waals surface area contributed by atoms with Gasteiger partial charge >= 0.3 is 0 Å². The number of rotatable bonds is 3. The number of nitrogens with zero attached hydrogens (tertiary/aromatic N) is 3. The van der Waals surface area contributed by atoms with Crippen molar-refractivity contribution >= 4 is 11.0 Å². The zero-order valence-electron chi connectivity index (χ0n) is 18.9. The summed E-state index contributed by atoms with van der Waals surface area (Å²) in [6.07, 6.45) is 6.50. The van der Waals surface area contributed by atoms with Gasteiger partial charge in [0.15, 0.2) is 0 Å².